The molecule has 0 bridgehead atoms. The summed E-state index contributed by atoms with van der Waals surface area (Å²) < 4.78 is 11.7. The molecule has 144 valence electrons. The maximum atomic E-state index is 12.7. The largest absolute Gasteiger partial charge is 0.485 e. The highest BCUT2D eigenvalue weighted by Gasteiger charge is 2.29. The van der Waals surface area contributed by atoms with Gasteiger partial charge in [-0.25, -0.2) is 0 Å². The number of hydrogen-bond acceptors (Lipinski definition) is 4. The zero-order valence-electron chi connectivity index (χ0n) is 15.8. The van der Waals surface area contributed by atoms with E-state index in [2.05, 4.69) is 0 Å². The SMILES string of the molecule is CC(N)C1CCCCN1C(=O)COc1ccccc1OCc1ccccc1. The molecule has 0 spiro atoms. The summed E-state index contributed by atoms with van der Waals surface area (Å²) in [5.41, 5.74) is 7.15. The molecule has 5 nitrogen and oxygen atoms in total. The number of rotatable bonds is 7. The van der Waals surface area contributed by atoms with Crippen LogP contribution in [0.4, 0.5) is 0 Å². The molecule has 1 aliphatic heterocycles. The van der Waals surface area contributed by atoms with Crippen LogP contribution in [0.1, 0.15) is 31.7 Å². The van der Waals surface area contributed by atoms with Gasteiger partial charge in [0.05, 0.1) is 0 Å². The third kappa shape index (κ3) is 5.23. The monoisotopic (exact) mass is 368 g/mol. The van der Waals surface area contributed by atoms with Gasteiger partial charge < -0.3 is 20.1 Å². The number of nitrogens with two attached hydrogens (primary N) is 1. The number of benzene rings is 2. The first kappa shape index (κ1) is 19.2. The first-order valence-electron chi connectivity index (χ1n) is 9.59. The lowest BCUT2D eigenvalue weighted by molar-refractivity contribution is -0.137. The molecule has 3 rings (SSSR count). The Hall–Kier alpha value is -2.53. The van der Waals surface area contributed by atoms with Gasteiger partial charge in [0.2, 0.25) is 0 Å². The summed E-state index contributed by atoms with van der Waals surface area (Å²) in [6, 6.07) is 17.5. The van der Waals surface area contributed by atoms with Gasteiger partial charge in [-0.15, -0.1) is 0 Å². The van der Waals surface area contributed by atoms with Crippen LogP contribution in [0, 0.1) is 0 Å². The number of carbonyl (C=O) groups is 1. The Kier molecular flexibility index (Phi) is 6.71. The zero-order chi connectivity index (χ0) is 19.1. The number of nitrogens with zero attached hydrogens (tertiary/aromatic N) is 1. The predicted octanol–water partition coefficient (Wildman–Crippen LogP) is 3.37. The molecule has 0 aliphatic carbocycles. The van der Waals surface area contributed by atoms with Crippen LogP contribution in [0.15, 0.2) is 54.6 Å². The Morgan fingerprint density at radius 2 is 1.74 bits per heavy atom. The van der Waals surface area contributed by atoms with Crippen LogP contribution in [0.2, 0.25) is 0 Å². The van der Waals surface area contributed by atoms with E-state index in [0.717, 1.165) is 31.4 Å². The van der Waals surface area contributed by atoms with Crippen molar-refractivity contribution in [3.63, 3.8) is 0 Å². The molecule has 2 unspecified atom stereocenters. The van der Waals surface area contributed by atoms with Gasteiger partial charge in [0, 0.05) is 18.6 Å². The number of likely N-dealkylation sites (tertiary alicyclic amines) is 1. The molecule has 2 N–H and O–H groups in total. The van der Waals surface area contributed by atoms with E-state index >= 15 is 0 Å². The fourth-order valence-electron chi connectivity index (χ4n) is 3.46. The summed E-state index contributed by atoms with van der Waals surface area (Å²) in [6.45, 7) is 3.16. The van der Waals surface area contributed by atoms with Crippen LogP contribution >= 0.6 is 0 Å². The van der Waals surface area contributed by atoms with Crippen molar-refractivity contribution in [2.24, 2.45) is 5.73 Å². The van der Waals surface area contributed by atoms with Gasteiger partial charge in [0.15, 0.2) is 18.1 Å². The van der Waals surface area contributed by atoms with Crippen molar-refractivity contribution in [3.05, 3.63) is 60.2 Å². The van der Waals surface area contributed by atoms with Crippen molar-refractivity contribution in [1.82, 2.24) is 4.90 Å². The van der Waals surface area contributed by atoms with E-state index in [1.54, 1.807) is 0 Å². The molecule has 2 atom stereocenters. The van der Waals surface area contributed by atoms with E-state index in [1.165, 1.54) is 0 Å². The Morgan fingerprint density at radius 1 is 1.07 bits per heavy atom. The molecule has 1 heterocycles. The van der Waals surface area contributed by atoms with E-state index in [0.29, 0.717) is 18.1 Å². The van der Waals surface area contributed by atoms with Gasteiger partial charge in [0.25, 0.3) is 5.91 Å². The molecular formula is C22H28N2O3. The lowest BCUT2D eigenvalue weighted by Crippen LogP contribution is -2.52. The van der Waals surface area contributed by atoms with Gasteiger partial charge in [0.1, 0.15) is 6.61 Å². The fraction of sp³-hybridized carbons (Fsp3) is 0.409. The first-order valence-corrected chi connectivity index (χ1v) is 9.59. The summed E-state index contributed by atoms with van der Waals surface area (Å²) in [4.78, 5) is 14.6. The quantitative estimate of drug-likeness (QED) is 0.814. The lowest BCUT2D eigenvalue weighted by Gasteiger charge is -2.38. The third-order valence-corrected chi connectivity index (χ3v) is 4.91. The topological polar surface area (TPSA) is 64.8 Å². The number of piperidine rings is 1. The molecule has 0 aromatic heterocycles. The van der Waals surface area contributed by atoms with Crippen molar-refractivity contribution < 1.29 is 14.3 Å². The molecule has 1 amide bonds. The Labute approximate surface area is 161 Å². The number of carbonyl (C=O) groups excluding carboxylic acids is 1. The number of para-hydroxylation sites is 2. The fourth-order valence-corrected chi connectivity index (χ4v) is 3.46. The van der Waals surface area contributed by atoms with Crippen molar-refractivity contribution >= 4 is 5.91 Å². The highest BCUT2D eigenvalue weighted by Crippen LogP contribution is 2.28. The van der Waals surface area contributed by atoms with Crippen molar-refractivity contribution in [2.75, 3.05) is 13.2 Å². The van der Waals surface area contributed by atoms with Crippen LogP contribution in [0.5, 0.6) is 11.5 Å². The van der Waals surface area contributed by atoms with Crippen LogP contribution in [-0.4, -0.2) is 36.0 Å². The minimum atomic E-state index is -0.0317. The second-order valence-corrected chi connectivity index (χ2v) is 7.02. The van der Waals surface area contributed by atoms with E-state index < -0.39 is 0 Å². The Morgan fingerprint density at radius 3 is 2.44 bits per heavy atom. The van der Waals surface area contributed by atoms with Crippen molar-refractivity contribution in [3.8, 4) is 11.5 Å². The number of ether oxygens (including phenoxy) is 2. The van der Waals surface area contributed by atoms with Gasteiger partial charge in [-0.3, -0.25) is 4.79 Å². The second kappa shape index (κ2) is 9.42. The molecule has 1 fully saturated rings. The highest BCUT2D eigenvalue weighted by molar-refractivity contribution is 5.78. The molecule has 1 saturated heterocycles. The Balaban J connectivity index is 1.59. The molecular weight excluding hydrogens is 340 g/mol. The summed E-state index contributed by atoms with van der Waals surface area (Å²) >= 11 is 0. The molecule has 2 aromatic carbocycles. The molecule has 2 aromatic rings. The standard InChI is InChI=1S/C22H28N2O3/c1-17(23)19-11-7-8-14-24(19)22(25)16-27-21-13-6-5-12-20(21)26-15-18-9-3-2-4-10-18/h2-6,9-10,12-13,17,19H,7-8,11,14-16,23H2,1H3. The van der Waals surface area contributed by atoms with Gasteiger partial charge in [-0.1, -0.05) is 42.5 Å². The van der Waals surface area contributed by atoms with E-state index in [-0.39, 0.29) is 24.6 Å². The first-order chi connectivity index (χ1) is 13.1. The second-order valence-electron chi connectivity index (χ2n) is 7.02. The molecule has 1 aliphatic rings. The predicted molar refractivity (Wildman–Crippen MR) is 106 cm³/mol. The smallest absolute Gasteiger partial charge is 0.260 e. The minimum Gasteiger partial charge on any atom is -0.485 e. The maximum absolute atomic E-state index is 12.7. The van der Waals surface area contributed by atoms with Gasteiger partial charge >= 0.3 is 0 Å². The van der Waals surface area contributed by atoms with E-state index in [4.69, 9.17) is 15.2 Å². The van der Waals surface area contributed by atoms with Gasteiger partial charge in [-0.05, 0) is 43.9 Å². The molecule has 27 heavy (non-hydrogen) atoms. The zero-order valence-corrected chi connectivity index (χ0v) is 15.8. The van der Waals surface area contributed by atoms with E-state index in [1.807, 2.05) is 66.4 Å². The number of hydrogen-bond donors (Lipinski definition) is 1. The third-order valence-electron chi connectivity index (χ3n) is 4.91. The van der Waals surface area contributed by atoms with E-state index in [9.17, 15) is 4.79 Å². The average molecular weight is 368 g/mol. The Bertz CT molecular complexity index is 733. The molecule has 0 radical (unpaired) electrons. The minimum absolute atomic E-state index is 0.00503. The van der Waals surface area contributed by atoms with Crippen LogP contribution in [-0.2, 0) is 11.4 Å². The normalized spacial score (nSPS) is 18.0. The van der Waals surface area contributed by atoms with Crippen LogP contribution in [0.25, 0.3) is 0 Å². The summed E-state index contributed by atoms with van der Waals surface area (Å²) in [7, 11) is 0. The van der Waals surface area contributed by atoms with Crippen LogP contribution < -0.4 is 15.2 Å². The molecule has 5 heteroatoms. The number of amides is 1. The van der Waals surface area contributed by atoms with Crippen LogP contribution in [0.3, 0.4) is 0 Å². The lowest BCUT2D eigenvalue weighted by atomic mass is 9.97. The van der Waals surface area contributed by atoms with Crippen molar-refractivity contribution in [1.29, 1.82) is 0 Å². The molecule has 0 saturated carbocycles. The summed E-state index contributed by atoms with van der Waals surface area (Å²) in [5, 5.41) is 0. The van der Waals surface area contributed by atoms with Gasteiger partial charge in [-0.2, -0.15) is 0 Å². The van der Waals surface area contributed by atoms with Crippen molar-refractivity contribution in [2.45, 2.75) is 44.9 Å². The average Bonchev–Trinajstić information content (AvgIpc) is 2.71. The highest BCUT2D eigenvalue weighted by atomic mass is 16.5. The summed E-state index contributed by atoms with van der Waals surface area (Å²) in [6.07, 6.45) is 3.10. The summed E-state index contributed by atoms with van der Waals surface area (Å²) in [5.74, 6) is 1.20. The maximum Gasteiger partial charge on any atom is 0.260 e.